The van der Waals surface area contributed by atoms with Gasteiger partial charge in [-0.3, -0.25) is 0 Å². The first-order valence-electron chi connectivity index (χ1n) is 2.88. The number of rotatable bonds is 2. The Morgan fingerprint density at radius 2 is 2.11 bits per heavy atom. The van der Waals surface area contributed by atoms with Crippen LogP contribution in [0.4, 0.5) is 0 Å². The Bertz CT molecular complexity index is 155. The minimum atomic E-state index is 0.123. The molecule has 4 nitrogen and oxygen atoms in total. The highest BCUT2D eigenvalue weighted by molar-refractivity contribution is 4.61. The van der Waals surface area contributed by atoms with Crippen LogP contribution in [-0.2, 0) is 6.54 Å². The van der Waals surface area contributed by atoms with Gasteiger partial charge in [0.25, 0.3) is 0 Å². The molecule has 1 atom stereocenters. The van der Waals surface area contributed by atoms with Crippen molar-refractivity contribution in [3.63, 3.8) is 0 Å². The highest BCUT2D eigenvalue weighted by Gasteiger charge is 1.94. The van der Waals surface area contributed by atoms with Gasteiger partial charge in [-0.25, -0.2) is 0 Å². The molecule has 0 aromatic carbocycles. The van der Waals surface area contributed by atoms with Gasteiger partial charge in [-0.1, -0.05) is 0 Å². The zero-order chi connectivity index (χ0) is 6.69. The first-order valence-corrected chi connectivity index (χ1v) is 2.88. The number of aromatic nitrogens is 3. The molecule has 0 saturated heterocycles. The van der Waals surface area contributed by atoms with Crippen LogP contribution in [0.1, 0.15) is 6.92 Å². The summed E-state index contributed by atoms with van der Waals surface area (Å²) in [5.41, 5.74) is 5.48. The molecule has 4 heteroatoms. The molecule has 0 fully saturated rings. The lowest BCUT2D eigenvalue weighted by Gasteiger charge is -2.01. The second-order valence-corrected chi connectivity index (χ2v) is 2.06. The minimum absolute atomic E-state index is 0.123. The standard InChI is InChI=1S/C5H10N4/c1-5(6)4-9-7-2-3-8-9/h2-3,5H,4,6H2,1H3/t5-/m0/s1. The SMILES string of the molecule is C[C@H](N)Cn1nccn1. The second-order valence-electron chi connectivity index (χ2n) is 2.06. The van der Waals surface area contributed by atoms with Crippen LogP contribution in [0.15, 0.2) is 12.4 Å². The van der Waals surface area contributed by atoms with Gasteiger partial charge in [0.1, 0.15) is 0 Å². The Balaban J connectivity index is 2.48. The topological polar surface area (TPSA) is 56.7 Å². The highest BCUT2D eigenvalue weighted by Crippen LogP contribution is 1.81. The van der Waals surface area contributed by atoms with Crippen LogP contribution >= 0.6 is 0 Å². The quantitative estimate of drug-likeness (QED) is 0.588. The van der Waals surface area contributed by atoms with E-state index in [9.17, 15) is 0 Å². The smallest absolute Gasteiger partial charge is 0.0755 e. The molecule has 0 unspecified atom stereocenters. The van der Waals surface area contributed by atoms with E-state index in [1.54, 1.807) is 17.2 Å². The molecule has 1 aromatic heterocycles. The molecule has 1 aromatic rings. The maximum Gasteiger partial charge on any atom is 0.0755 e. The van der Waals surface area contributed by atoms with Crippen molar-refractivity contribution in [1.29, 1.82) is 0 Å². The molecule has 2 N–H and O–H groups in total. The largest absolute Gasteiger partial charge is 0.326 e. The Morgan fingerprint density at radius 1 is 1.56 bits per heavy atom. The van der Waals surface area contributed by atoms with Crippen LogP contribution in [0, 0.1) is 0 Å². The predicted molar refractivity (Wildman–Crippen MR) is 33.7 cm³/mol. The third-order valence-corrected chi connectivity index (χ3v) is 0.918. The van der Waals surface area contributed by atoms with Crippen LogP contribution in [0.2, 0.25) is 0 Å². The van der Waals surface area contributed by atoms with Gasteiger partial charge in [0.05, 0.1) is 18.9 Å². The van der Waals surface area contributed by atoms with Crippen LogP contribution in [-0.4, -0.2) is 21.0 Å². The van der Waals surface area contributed by atoms with E-state index in [-0.39, 0.29) is 6.04 Å². The molecular weight excluding hydrogens is 116 g/mol. The van der Waals surface area contributed by atoms with Crippen molar-refractivity contribution < 1.29 is 0 Å². The average Bonchev–Trinajstić information content (AvgIpc) is 2.15. The number of nitrogens with zero attached hydrogens (tertiary/aromatic N) is 3. The number of hydrogen-bond acceptors (Lipinski definition) is 3. The fraction of sp³-hybridized carbons (Fsp3) is 0.600. The van der Waals surface area contributed by atoms with Gasteiger partial charge in [0.2, 0.25) is 0 Å². The molecule has 0 spiro atoms. The molecule has 0 bridgehead atoms. The van der Waals surface area contributed by atoms with Crippen molar-refractivity contribution in [3.8, 4) is 0 Å². The average molecular weight is 126 g/mol. The van der Waals surface area contributed by atoms with E-state index >= 15 is 0 Å². The van der Waals surface area contributed by atoms with E-state index in [0.717, 1.165) is 0 Å². The molecule has 0 aliphatic carbocycles. The zero-order valence-electron chi connectivity index (χ0n) is 5.36. The fourth-order valence-electron chi connectivity index (χ4n) is 0.595. The van der Waals surface area contributed by atoms with E-state index in [1.165, 1.54) is 0 Å². The monoisotopic (exact) mass is 126 g/mol. The number of hydrogen-bond donors (Lipinski definition) is 1. The maximum atomic E-state index is 5.48. The summed E-state index contributed by atoms with van der Waals surface area (Å²) in [6.07, 6.45) is 3.28. The summed E-state index contributed by atoms with van der Waals surface area (Å²) < 4.78 is 0. The van der Waals surface area contributed by atoms with Gasteiger partial charge in [0, 0.05) is 6.04 Å². The van der Waals surface area contributed by atoms with E-state index in [0.29, 0.717) is 6.54 Å². The van der Waals surface area contributed by atoms with E-state index in [1.807, 2.05) is 6.92 Å². The molecular formula is C5H10N4. The van der Waals surface area contributed by atoms with Gasteiger partial charge < -0.3 is 5.73 Å². The summed E-state index contributed by atoms with van der Waals surface area (Å²) in [6, 6.07) is 0.123. The molecule has 0 amide bonds. The lowest BCUT2D eigenvalue weighted by molar-refractivity contribution is 0.482. The van der Waals surface area contributed by atoms with Gasteiger partial charge in [-0.05, 0) is 6.92 Å². The molecule has 0 saturated carbocycles. The lowest BCUT2D eigenvalue weighted by atomic mass is 10.4. The van der Waals surface area contributed by atoms with Gasteiger partial charge in [-0.2, -0.15) is 15.0 Å². The van der Waals surface area contributed by atoms with E-state index in [2.05, 4.69) is 10.2 Å². The molecule has 50 valence electrons. The first-order chi connectivity index (χ1) is 4.29. The first kappa shape index (κ1) is 6.22. The van der Waals surface area contributed by atoms with Crippen LogP contribution in [0.25, 0.3) is 0 Å². The molecule has 1 heterocycles. The highest BCUT2D eigenvalue weighted by atomic mass is 15.5. The van der Waals surface area contributed by atoms with Crippen molar-refractivity contribution in [2.45, 2.75) is 19.5 Å². The number of nitrogens with two attached hydrogens (primary N) is 1. The van der Waals surface area contributed by atoms with Crippen molar-refractivity contribution in [3.05, 3.63) is 12.4 Å². The third kappa shape index (κ3) is 1.81. The molecule has 0 aliphatic heterocycles. The Morgan fingerprint density at radius 3 is 2.56 bits per heavy atom. The minimum Gasteiger partial charge on any atom is -0.326 e. The van der Waals surface area contributed by atoms with Gasteiger partial charge in [-0.15, -0.1) is 0 Å². The zero-order valence-corrected chi connectivity index (χ0v) is 5.36. The summed E-state index contributed by atoms with van der Waals surface area (Å²) >= 11 is 0. The fourth-order valence-corrected chi connectivity index (χ4v) is 0.595. The third-order valence-electron chi connectivity index (χ3n) is 0.918. The van der Waals surface area contributed by atoms with Crippen molar-refractivity contribution in [2.75, 3.05) is 0 Å². The normalized spacial score (nSPS) is 13.6. The van der Waals surface area contributed by atoms with E-state index < -0.39 is 0 Å². The van der Waals surface area contributed by atoms with Crippen LogP contribution in [0.5, 0.6) is 0 Å². The summed E-state index contributed by atoms with van der Waals surface area (Å²) in [4.78, 5) is 1.57. The summed E-state index contributed by atoms with van der Waals surface area (Å²) in [5.74, 6) is 0. The van der Waals surface area contributed by atoms with Crippen LogP contribution < -0.4 is 5.73 Å². The van der Waals surface area contributed by atoms with E-state index in [4.69, 9.17) is 5.73 Å². The summed E-state index contributed by atoms with van der Waals surface area (Å²) in [5, 5.41) is 7.76. The maximum absolute atomic E-state index is 5.48. The molecule has 1 rings (SSSR count). The van der Waals surface area contributed by atoms with Gasteiger partial charge >= 0.3 is 0 Å². The Kier molecular flexibility index (Phi) is 1.79. The summed E-state index contributed by atoms with van der Waals surface area (Å²) in [7, 11) is 0. The Hall–Kier alpha value is -0.900. The molecule has 0 aliphatic rings. The lowest BCUT2D eigenvalue weighted by Crippen LogP contribution is -2.23. The van der Waals surface area contributed by atoms with Crippen molar-refractivity contribution in [1.82, 2.24) is 15.0 Å². The molecule has 9 heavy (non-hydrogen) atoms. The summed E-state index contributed by atoms with van der Waals surface area (Å²) in [6.45, 7) is 2.61. The molecule has 0 radical (unpaired) electrons. The van der Waals surface area contributed by atoms with Crippen molar-refractivity contribution in [2.24, 2.45) is 5.73 Å². The van der Waals surface area contributed by atoms with Gasteiger partial charge in [0.15, 0.2) is 0 Å². The van der Waals surface area contributed by atoms with Crippen LogP contribution in [0.3, 0.4) is 0 Å². The van der Waals surface area contributed by atoms with Crippen molar-refractivity contribution >= 4 is 0 Å². The predicted octanol–water partition coefficient (Wildman–Crippen LogP) is -0.375. The Labute approximate surface area is 53.7 Å². The second kappa shape index (κ2) is 2.59.